The highest BCUT2D eigenvalue weighted by molar-refractivity contribution is 5.85. The minimum absolute atomic E-state index is 0. The molecule has 96 valence electrons. The first-order chi connectivity index (χ1) is 6.76. The number of amides is 1. The first-order valence-corrected chi connectivity index (χ1v) is 4.63. The number of ether oxygens (including phenoxy) is 1. The monoisotopic (exact) mass is 254 g/mol. The summed E-state index contributed by atoms with van der Waals surface area (Å²) in [6.07, 6.45) is -0.621. The van der Waals surface area contributed by atoms with Crippen LogP contribution in [0.3, 0.4) is 0 Å². The minimum atomic E-state index is -1.02. The highest BCUT2D eigenvalue weighted by Gasteiger charge is 2.19. The Labute approximate surface area is 101 Å². The molecule has 0 aromatic carbocycles. The highest BCUT2D eigenvalue weighted by atomic mass is 35.5. The quantitative estimate of drug-likeness (QED) is 0.684. The Morgan fingerprint density at radius 1 is 1.38 bits per heavy atom. The normalized spacial score (nSPS) is 12.2. The van der Waals surface area contributed by atoms with E-state index in [0.717, 1.165) is 0 Å². The lowest BCUT2D eigenvalue weighted by molar-refractivity contribution is -0.139. The zero-order valence-electron chi connectivity index (χ0n) is 9.86. The van der Waals surface area contributed by atoms with Gasteiger partial charge in [0.2, 0.25) is 0 Å². The van der Waals surface area contributed by atoms with Crippen molar-refractivity contribution in [3.63, 3.8) is 0 Å². The molecule has 1 amide bonds. The van der Waals surface area contributed by atoms with Crippen molar-refractivity contribution in [1.82, 2.24) is 10.6 Å². The van der Waals surface area contributed by atoms with E-state index < -0.39 is 23.7 Å². The van der Waals surface area contributed by atoms with Gasteiger partial charge in [-0.1, -0.05) is 0 Å². The van der Waals surface area contributed by atoms with Crippen LogP contribution in [0.1, 0.15) is 20.8 Å². The van der Waals surface area contributed by atoms with E-state index in [9.17, 15) is 9.59 Å². The van der Waals surface area contributed by atoms with Crippen molar-refractivity contribution in [2.45, 2.75) is 32.4 Å². The first-order valence-electron chi connectivity index (χ1n) is 4.63. The molecule has 0 heterocycles. The molecule has 0 saturated heterocycles. The zero-order valence-corrected chi connectivity index (χ0v) is 10.7. The molecule has 0 fully saturated rings. The SMILES string of the molecule is CNC(CNC(=O)OC(C)(C)C)C(=O)O.Cl. The van der Waals surface area contributed by atoms with Crippen molar-refractivity contribution < 1.29 is 19.4 Å². The van der Waals surface area contributed by atoms with Crippen LogP contribution in [0.2, 0.25) is 0 Å². The van der Waals surface area contributed by atoms with E-state index in [1.807, 2.05) is 0 Å². The molecule has 0 aliphatic carbocycles. The van der Waals surface area contributed by atoms with E-state index in [1.54, 1.807) is 20.8 Å². The fraction of sp³-hybridized carbons (Fsp3) is 0.778. The fourth-order valence-corrected chi connectivity index (χ4v) is 0.812. The van der Waals surface area contributed by atoms with Crippen molar-refractivity contribution in [3.05, 3.63) is 0 Å². The summed E-state index contributed by atoms with van der Waals surface area (Å²) in [6.45, 7) is 5.19. The van der Waals surface area contributed by atoms with Crippen LogP contribution in [0.25, 0.3) is 0 Å². The van der Waals surface area contributed by atoms with E-state index in [0.29, 0.717) is 0 Å². The third kappa shape index (κ3) is 8.31. The van der Waals surface area contributed by atoms with Gasteiger partial charge in [0, 0.05) is 6.54 Å². The predicted molar refractivity (Wildman–Crippen MR) is 62.0 cm³/mol. The molecular weight excluding hydrogens is 236 g/mol. The number of carboxylic acids is 1. The van der Waals surface area contributed by atoms with E-state index in [4.69, 9.17) is 9.84 Å². The van der Waals surface area contributed by atoms with Crippen molar-refractivity contribution in [1.29, 1.82) is 0 Å². The molecule has 6 nitrogen and oxygen atoms in total. The Hall–Kier alpha value is -1.01. The maximum atomic E-state index is 11.1. The molecule has 1 unspecified atom stereocenters. The van der Waals surface area contributed by atoms with Gasteiger partial charge in [-0.2, -0.15) is 0 Å². The molecule has 3 N–H and O–H groups in total. The molecule has 16 heavy (non-hydrogen) atoms. The molecule has 0 saturated carbocycles. The van der Waals surface area contributed by atoms with E-state index in [-0.39, 0.29) is 19.0 Å². The molecule has 7 heteroatoms. The molecule has 0 aliphatic heterocycles. The van der Waals surface area contributed by atoms with Gasteiger partial charge >= 0.3 is 12.1 Å². The second-order valence-corrected chi connectivity index (χ2v) is 4.06. The van der Waals surface area contributed by atoms with Crippen LogP contribution in [0.5, 0.6) is 0 Å². The number of hydrogen-bond acceptors (Lipinski definition) is 4. The lowest BCUT2D eigenvalue weighted by Crippen LogP contribution is -2.45. The number of rotatable bonds is 4. The summed E-state index contributed by atoms with van der Waals surface area (Å²) >= 11 is 0. The van der Waals surface area contributed by atoms with Crippen molar-refractivity contribution in [2.75, 3.05) is 13.6 Å². The van der Waals surface area contributed by atoms with E-state index in [2.05, 4.69) is 10.6 Å². The Bertz CT molecular complexity index is 240. The molecule has 1 atom stereocenters. The van der Waals surface area contributed by atoms with Gasteiger partial charge in [0.15, 0.2) is 0 Å². The third-order valence-corrected chi connectivity index (χ3v) is 1.50. The predicted octanol–water partition coefficient (Wildman–Crippen LogP) is 0.606. The molecule has 0 radical (unpaired) electrons. The second kappa shape index (κ2) is 7.29. The number of carbonyl (C=O) groups is 2. The number of hydrogen-bond donors (Lipinski definition) is 3. The third-order valence-electron chi connectivity index (χ3n) is 1.50. The maximum Gasteiger partial charge on any atom is 0.407 e. The van der Waals surface area contributed by atoms with Gasteiger partial charge < -0.3 is 20.5 Å². The summed E-state index contributed by atoms with van der Waals surface area (Å²) in [5.41, 5.74) is -0.581. The Morgan fingerprint density at radius 2 is 1.88 bits per heavy atom. The standard InChI is InChI=1S/C9H18N2O4.ClH/c1-9(2,3)15-8(14)11-5-6(10-4)7(12)13;/h6,10H,5H2,1-4H3,(H,11,14)(H,12,13);1H. The number of alkyl carbamates (subject to hydrolysis) is 1. The number of nitrogens with one attached hydrogen (secondary N) is 2. The average Bonchev–Trinajstić information content (AvgIpc) is 2.01. The van der Waals surface area contributed by atoms with Gasteiger partial charge in [0.25, 0.3) is 0 Å². The number of halogens is 1. The number of aliphatic carboxylic acids is 1. The smallest absolute Gasteiger partial charge is 0.407 e. The molecule has 0 aliphatic rings. The fourth-order valence-electron chi connectivity index (χ4n) is 0.812. The Kier molecular flexibility index (Phi) is 7.93. The van der Waals surface area contributed by atoms with Crippen molar-refractivity contribution >= 4 is 24.5 Å². The van der Waals surface area contributed by atoms with Crippen LogP contribution in [-0.2, 0) is 9.53 Å². The van der Waals surface area contributed by atoms with Crippen molar-refractivity contribution in [2.24, 2.45) is 0 Å². The van der Waals surface area contributed by atoms with Crippen LogP contribution < -0.4 is 10.6 Å². The van der Waals surface area contributed by atoms with Crippen LogP contribution in [0, 0.1) is 0 Å². The topological polar surface area (TPSA) is 87.7 Å². The van der Waals surface area contributed by atoms with Gasteiger partial charge in [0.05, 0.1) is 0 Å². The molecule has 0 bridgehead atoms. The number of carboxylic acid groups (broad SMARTS) is 1. The molecular formula is C9H19ClN2O4. The van der Waals surface area contributed by atoms with Crippen LogP contribution in [-0.4, -0.2) is 42.4 Å². The Morgan fingerprint density at radius 3 is 2.19 bits per heavy atom. The minimum Gasteiger partial charge on any atom is -0.480 e. The molecule has 0 rings (SSSR count). The summed E-state index contributed by atoms with van der Waals surface area (Å²) in [4.78, 5) is 21.7. The summed E-state index contributed by atoms with van der Waals surface area (Å²) in [5.74, 6) is -1.02. The lowest BCUT2D eigenvalue weighted by atomic mass is 10.2. The van der Waals surface area contributed by atoms with Crippen LogP contribution in [0.15, 0.2) is 0 Å². The van der Waals surface area contributed by atoms with Gasteiger partial charge in [-0.05, 0) is 27.8 Å². The summed E-state index contributed by atoms with van der Waals surface area (Å²) < 4.78 is 4.94. The summed E-state index contributed by atoms with van der Waals surface area (Å²) in [6, 6.07) is -0.808. The molecule has 0 aromatic rings. The van der Waals surface area contributed by atoms with E-state index >= 15 is 0 Å². The summed E-state index contributed by atoms with van der Waals surface area (Å²) in [5, 5.41) is 13.6. The maximum absolute atomic E-state index is 11.1. The van der Waals surface area contributed by atoms with Crippen molar-refractivity contribution in [3.8, 4) is 0 Å². The van der Waals surface area contributed by atoms with Crippen LogP contribution in [0.4, 0.5) is 4.79 Å². The molecule has 0 spiro atoms. The second-order valence-electron chi connectivity index (χ2n) is 4.06. The van der Waals surface area contributed by atoms with E-state index in [1.165, 1.54) is 7.05 Å². The van der Waals surface area contributed by atoms with Gasteiger partial charge in [0.1, 0.15) is 11.6 Å². The lowest BCUT2D eigenvalue weighted by Gasteiger charge is -2.20. The van der Waals surface area contributed by atoms with Gasteiger partial charge in [-0.15, -0.1) is 12.4 Å². The van der Waals surface area contributed by atoms with Gasteiger partial charge in [-0.3, -0.25) is 4.79 Å². The molecule has 0 aromatic heterocycles. The van der Waals surface area contributed by atoms with Gasteiger partial charge in [-0.25, -0.2) is 4.79 Å². The number of carbonyl (C=O) groups excluding carboxylic acids is 1. The summed E-state index contributed by atoms with van der Waals surface area (Å²) in [7, 11) is 1.51. The average molecular weight is 255 g/mol. The zero-order chi connectivity index (χ0) is 12.1. The Balaban J connectivity index is 0. The highest BCUT2D eigenvalue weighted by Crippen LogP contribution is 2.06. The van der Waals surface area contributed by atoms with Crippen LogP contribution >= 0.6 is 12.4 Å². The largest absolute Gasteiger partial charge is 0.480 e. The first kappa shape index (κ1) is 17.4. The number of likely N-dealkylation sites (N-methyl/N-ethyl adjacent to an activating group) is 1.